The normalized spacial score (nSPS) is 15.5. The second-order valence-corrected chi connectivity index (χ2v) is 4.31. The van der Waals surface area contributed by atoms with Gasteiger partial charge in [-0.2, -0.15) is 0 Å². The van der Waals surface area contributed by atoms with Crippen LogP contribution in [0.2, 0.25) is 0 Å². The maximum atomic E-state index is 3.54. The molecule has 0 radical (unpaired) electrons. The molecule has 1 aromatic carbocycles. The standard InChI is InChI=1S/C13H21N/c1-10(2)14-12(4)11(3)13-8-6-5-7-9-13/h5-12,14H,1-4H3/t11-,12+/m1/s1. The second kappa shape index (κ2) is 5.16. The highest BCUT2D eigenvalue weighted by atomic mass is 14.9. The van der Waals surface area contributed by atoms with Crippen molar-refractivity contribution in [3.8, 4) is 0 Å². The second-order valence-electron chi connectivity index (χ2n) is 4.31. The molecule has 0 aromatic heterocycles. The van der Waals surface area contributed by atoms with Crippen LogP contribution >= 0.6 is 0 Å². The van der Waals surface area contributed by atoms with Crippen molar-refractivity contribution in [1.82, 2.24) is 5.32 Å². The van der Waals surface area contributed by atoms with Crippen molar-refractivity contribution in [2.45, 2.75) is 45.7 Å². The first-order valence-electron chi connectivity index (χ1n) is 5.42. The molecule has 0 amide bonds. The van der Waals surface area contributed by atoms with E-state index < -0.39 is 0 Å². The summed E-state index contributed by atoms with van der Waals surface area (Å²) < 4.78 is 0. The molecule has 1 N–H and O–H groups in total. The van der Waals surface area contributed by atoms with E-state index >= 15 is 0 Å². The molecule has 1 nitrogen and oxygen atoms in total. The Balaban J connectivity index is 2.61. The third-order valence-corrected chi connectivity index (χ3v) is 2.67. The summed E-state index contributed by atoms with van der Waals surface area (Å²) >= 11 is 0. The summed E-state index contributed by atoms with van der Waals surface area (Å²) in [5.74, 6) is 0.568. The third kappa shape index (κ3) is 3.15. The quantitative estimate of drug-likeness (QED) is 0.770. The van der Waals surface area contributed by atoms with E-state index in [0.29, 0.717) is 18.0 Å². The molecule has 0 unspecified atom stereocenters. The smallest absolute Gasteiger partial charge is 0.0107 e. The van der Waals surface area contributed by atoms with Crippen LogP contribution in [0.4, 0.5) is 0 Å². The third-order valence-electron chi connectivity index (χ3n) is 2.67. The minimum atomic E-state index is 0.525. The fourth-order valence-electron chi connectivity index (χ4n) is 1.72. The van der Waals surface area contributed by atoms with E-state index in [4.69, 9.17) is 0 Å². The predicted molar refractivity (Wildman–Crippen MR) is 62.6 cm³/mol. The molecule has 1 heteroatoms. The molecule has 0 fully saturated rings. The van der Waals surface area contributed by atoms with Crippen LogP contribution in [-0.2, 0) is 0 Å². The van der Waals surface area contributed by atoms with E-state index in [0.717, 1.165) is 0 Å². The van der Waals surface area contributed by atoms with E-state index in [9.17, 15) is 0 Å². The van der Waals surface area contributed by atoms with Crippen LogP contribution in [-0.4, -0.2) is 12.1 Å². The number of hydrogen-bond donors (Lipinski definition) is 1. The first-order valence-corrected chi connectivity index (χ1v) is 5.42. The molecule has 0 saturated carbocycles. The minimum Gasteiger partial charge on any atom is -0.311 e. The van der Waals surface area contributed by atoms with Crippen molar-refractivity contribution < 1.29 is 0 Å². The molecular weight excluding hydrogens is 170 g/mol. The monoisotopic (exact) mass is 191 g/mol. The van der Waals surface area contributed by atoms with Gasteiger partial charge < -0.3 is 5.32 Å². The Hall–Kier alpha value is -0.820. The maximum absolute atomic E-state index is 3.54. The van der Waals surface area contributed by atoms with Gasteiger partial charge in [0, 0.05) is 12.1 Å². The Labute approximate surface area is 87.5 Å². The van der Waals surface area contributed by atoms with Gasteiger partial charge in [-0.15, -0.1) is 0 Å². The topological polar surface area (TPSA) is 12.0 Å². The number of nitrogens with one attached hydrogen (secondary N) is 1. The van der Waals surface area contributed by atoms with Crippen molar-refractivity contribution >= 4 is 0 Å². The molecule has 1 rings (SSSR count). The summed E-state index contributed by atoms with van der Waals surface area (Å²) in [5, 5.41) is 3.54. The molecule has 0 saturated heterocycles. The van der Waals surface area contributed by atoms with E-state index in [-0.39, 0.29) is 0 Å². The molecule has 2 atom stereocenters. The van der Waals surface area contributed by atoms with Gasteiger partial charge in [0.25, 0.3) is 0 Å². The lowest BCUT2D eigenvalue weighted by atomic mass is 9.94. The molecule has 0 aliphatic heterocycles. The first-order chi connectivity index (χ1) is 6.61. The van der Waals surface area contributed by atoms with Gasteiger partial charge in [-0.1, -0.05) is 51.1 Å². The summed E-state index contributed by atoms with van der Waals surface area (Å²) in [6, 6.07) is 11.7. The Morgan fingerprint density at radius 1 is 0.929 bits per heavy atom. The fraction of sp³-hybridized carbons (Fsp3) is 0.538. The lowest BCUT2D eigenvalue weighted by Crippen LogP contribution is -2.35. The van der Waals surface area contributed by atoms with Gasteiger partial charge in [-0.25, -0.2) is 0 Å². The van der Waals surface area contributed by atoms with Gasteiger partial charge in [-0.3, -0.25) is 0 Å². The molecule has 0 heterocycles. The predicted octanol–water partition coefficient (Wildman–Crippen LogP) is 3.18. The fourth-order valence-corrected chi connectivity index (χ4v) is 1.72. The van der Waals surface area contributed by atoms with Gasteiger partial charge >= 0.3 is 0 Å². The Bertz CT molecular complexity index is 253. The Kier molecular flexibility index (Phi) is 4.15. The van der Waals surface area contributed by atoms with Crippen LogP contribution in [0.1, 0.15) is 39.2 Å². The van der Waals surface area contributed by atoms with Crippen molar-refractivity contribution in [3.05, 3.63) is 35.9 Å². The molecular formula is C13H21N. The van der Waals surface area contributed by atoms with Gasteiger partial charge in [-0.05, 0) is 18.4 Å². The summed E-state index contributed by atoms with van der Waals surface area (Å²) in [7, 11) is 0. The van der Waals surface area contributed by atoms with E-state index in [1.165, 1.54) is 5.56 Å². The average molecular weight is 191 g/mol. The molecule has 0 aliphatic carbocycles. The van der Waals surface area contributed by atoms with E-state index in [2.05, 4.69) is 63.3 Å². The Morgan fingerprint density at radius 2 is 1.50 bits per heavy atom. The lowest BCUT2D eigenvalue weighted by molar-refractivity contribution is 0.439. The highest BCUT2D eigenvalue weighted by Crippen LogP contribution is 2.18. The maximum Gasteiger partial charge on any atom is 0.0107 e. The van der Waals surface area contributed by atoms with Crippen LogP contribution in [0.15, 0.2) is 30.3 Å². The lowest BCUT2D eigenvalue weighted by Gasteiger charge is -2.23. The van der Waals surface area contributed by atoms with E-state index in [1.807, 2.05) is 0 Å². The molecule has 0 spiro atoms. The van der Waals surface area contributed by atoms with Crippen molar-refractivity contribution in [3.63, 3.8) is 0 Å². The number of benzene rings is 1. The van der Waals surface area contributed by atoms with Gasteiger partial charge in [0.1, 0.15) is 0 Å². The summed E-state index contributed by atoms with van der Waals surface area (Å²) in [6.07, 6.45) is 0. The average Bonchev–Trinajstić information content (AvgIpc) is 2.17. The number of hydrogen-bond acceptors (Lipinski definition) is 1. The van der Waals surface area contributed by atoms with Gasteiger partial charge in [0.15, 0.2) is 0 Å². The van der Waals surface area contributed by atoms with Crippen LogP contribution < -0.4 is 5.32 Å². The van der Waals surface area contributed by atoms with Gasteiger partial charge in [0.2, 0.25) is 0 Å². The molecule has 1 aromatic rings. The zero-order chi connectivity index (χ0) is 10.6. The molecule has 14 heavy (non-hydrogen) atoms. The summed E-state index contributed by atoms with van der Waals surface area (Å²) in [4.78, 5) is 0. The van der Waals surface area contributed by atoms with Crippen LogP contribution in [0.5, 0.6) is 0 Å². The Morgan fingerprint density at radius 3 is 2.00 bits per heavy atom. The van der Waals surface area contributed by atoms with E-state index in [1.54, 1.807) is 0 Å². The molecule has 0 bridgehead atoms. The van der Waals surface area contributed by atoms with Crippen molar-refractivity contribution in [2.24, 2.45) is 0 Å². The largest absolute Gasteiger partial charge is 0.311 e. The highest BCUT2D eigenvalue weighted by Gasteiger charge is 2.13. The van der Waals surface area contributed by atoms with Gasteiger partial charge in [0.05, 0.1) is 0 Å². The molecule has 78 valence electrons. The van der Waals surface area contributed by atoms with Crippen LogP contribution in [0, 0.1) is 0 Å². The van der Waals surface area contributed by atoms with Crippen molar-refractivity contribution in [1.29, 1.82) is 0 Å². The summed E-state index contributed by atoms with van der Waals surface area (Å²) in [6.45, 7) is 8.90. The van der Waals surface area contributed by atoms with Crippen LogP contribution in [0.25, 0.3) is 0 Å². The zero-order valence-corrected chi connectivity index (χ0v) is 9.62. The van der Waals surface area contributed by atoms with Crippen LogP contribution in [0.3, 0.4) is 0 Å². The zero-order valence-electron chi connectivity index (χ0n) is 9.62. The minimum absolute atomic E-state index is 0.525. The highest BCUT2D eigenvalue weighted by molar-refractivity contribution is 5.20. The summed E-state index contributed by atoms with van der Waals surface area (Å²) in [5.41, 5.74) is 1.41. The first kappa shape index (κ1) is 11.3. The SMILES string of the molecule is CC(C)N[C@@H](C)[C@@H](C)c1ccccc1. The van der Waals surface area contributed by atoms with Crippen molar-refractivity contribution in [2.75, 3.05) is 0 Å². The number of rotatable bonds is 4. The molecule has 0 aliphatic rings.